The number of ether oxygens (including phenoxy) is 1. The van der Waals surface area contributed by atoms with Crippen LogP contribution in [-0.2, 0) is 35.3 Å². The Morgan fingerprint density at radius 1 is 0.811 bits per heavy atom. The van der Waals surface area contributed by atoms with E-state index in [2.05, 4.69) is 31.9 Å². The lowest BCUT2D eigenvalue weighted by molar-refractivity contribution is -0.142. The first-order chi connectivity index (χ1) is 24.9. The molecule has 1 rings (SSSR count). The Labute approximate surface area is 315 Å². The predicted octanol–water partition coefficient (Wildman–Crippen LogP) is 3.54. The van der Waals surface area contributed by atoms with E-state index >= 15 is 0 Å². The Hall–Kier alpha value is -4.73. The number of primary amides is 1. The largest absolute Gasteiger partial charge is 0.481 e. The Balaban J connectivity index is -0.00000199. The monoisotopic (exact) mass is 754 g/mol. The van der Waals surface area contributed by atoms with Gasteiger partial charge in [-0.3, -0.25) is 28.8 Å². The van der Waals surface area contributed by atoms with E-state index in [1.165, 1.54) is 13.0 Å². The molecule has 0 saturated carbocycles. The minimum absolute atomic E-state index is 0.0125. The first kappa shape index (κ1) is 52.6. The van der Waals surface area contributed by atoms with Crippen molar-refractivity contribution in [3.63, 3.8) is 0 Å². The highest BCUT2D eigenvalue weighted by atomic mass is 16.5. The predicted molar refractivity (Wildman–Crippen MR) is 207 cm³/mol. The van der Waals surface area contributed by atoms with Crippen LogP contribution in [0.2, 0.25) is 0 Å². The average molecular weight is 754 g/mol. The van der Waals surface area contributed by atoms with Crippen molar-refractivity contribution in [2.24, 2.45) is 23.5 Å². The highest BCUT2D eigenvalue weighted by molar-refractivity contribution is 5.99. The van der Waals surface area contributed by atoms with Crippen LogP contribution in [0.3, 0.4) is 0 Å². The molecule has 16 heteroatoms. The van der Waals surface area contributed by atoms with Gasteiger partial charge in [-0.2, -0.15) is 0 Å². The molecule has 0 heterocycles. The van der Waals surface area contributed by atoms with Crippen LogP contribution in [-0.4, -0.2) is 85.0 Å². The molecule has 0 saturated heterocycles. The number of urea groups is 1. The van der Waals surface area contributed by atoms with Gasteiger partial charge in [-0.25, -0.2) is 4.79 Å². The number of hydrogen-bond donors (Lipinski definition) is 8. The molecular formula is C37H67N7O9. The summed E-state index contributed by atoms with van der Waals surface area (Å²) in [5.41, 5.74) is 5.57. The lowest BCUT2D eigenvalue weighted by Gasteiger charge is -2.23. The number of carboxylic acids is 1. The summed E-state index contributed by atoms with van der Waals surface area (Å²) in [5.74, 6) is -4.05. The van der Waals surface area contributed by atoms with Gasteiger partial charge in [-0.15, -0.1) is 0 Å². The molecule has 0 aliphatic heterocycles. The molecule has 0 spiro atoms. The van der Waals surface area contributed by atoms with E-state index in [-0.39, 0.29) is 67.9 Å². The van der Waals surface area contributed by atoms with Crippen molar-refractivity contribution < 1.29 is 43.4 Å². The molecule has 0 aliphatic rings. The fraction of sp³-hybridized carbons (Fsp3) is 0.649. The van der Waals surface area contributed by atoms with Crippen molar-refractivity contribution in [3.05, 3.63) is 29.3 Å². The van der Waals surface area contributed by atoms with Crippen molar-refractivity contribution in [1.29, 1.82) is 0 Å². The van der Waals surface area contributed by atoms with E-state index < -0.39 is 41.7 Å². The molecule has 0 aliphatic carbocycles. The molecule has 16 nitrogen and oxygen atoms in total. The van der Waals surface area contributed by atoms with E-state index in [0.717, 1.165) is 6.42 Å². The van der Waals surface area contributed by atoms with Crippen LogP contribution >= 0.6 is 0 Å². The quantitative estimate of drug-likeness (QED) is 0.0754. The maximum atomic E-state index is 13.0. The number of esters is 1. The number of aliphatic carboxylic acids is 1. The van der Waals surface area contributed by atoms with Crippen LogP contribution in [0.25, 0.3) is 0 Å². The average Bonchev–Trinajstić information content (AvgIpc) is 3.10. The molecular weight excluding hydrogens is 686 g/mol. The number of carboxylic acid groups (broad SMARTS) is 1. The fourth-order valence-electron chi connectivity index (χ4n) is 4.16. The van der Waals surface area contributed by atoms with E-state index in [9.17, 15) is 33.6 Å². The molecule has 0 bridgehead atoms. The zero-order valence-corrected chi connectivity index (χ0v) is 33.9. The summed E-state index contributed by atoms with van der Waals surface area (Å²) in [6.07, 6.45) is 0.798. The van der Waals surface area contributed by atoms with Gasteiger partial charge in [-0.05, 0) is 30.4 Å². The summed E-state index contributed by atoms with van der Waals surface area (Å²) >= 11 is 0. The Morgan fingerprint density at radius 2 is 1.40 bits per heavy atom. The van der Waals surface area contributed by atoms with Gasteiger partial charge in [0, 0.05) is 61.8 Å². The van der Waals surface area contributed by atoms with Gasteiger partial charge in [0.2, 0.25) is 17.7 Å². The third-order valence-corrected chi connectivity index (χ3v) is 6.98. The van der Waals surface area contributed by atoms with Crippen molar-refractivity contribution in [3.8, 4) is 0 Å². The molecule has 0 aromatic heterocycles. The molecule has 6 amide bonds. The van der Waals surface area contributed by atoms with Crippen LogP contribution < -0.4 is 37.6 Å². The van der Waals surface area contributed by atoms with Gasteiger partial charge < -0.3 is 47.5 Å². The summed E-state index contributed by atoms with van der Waals surface area (Å²) in [7, 11) is 0. The van der Waals surface area contributed by atoms with Crippen LogP contribution in [0.4, 0.5) is 10.5 Å². The van der Waals surface area contributed by atoms with Gasteiger partial charge in [0.25, 0.3) is 5.91 Å². The molecule has 3 unspecified atom stereocenters. The maximum absolute atomic E-state index is 13.0. The fourth-order valence-corrected chi connectivity index (χ4v) is 4.16. The maximum Gasteiger partial charge on any atom is 0.312 e. The Bertz CT molecular complexity index is 1270. The minimum atomic E-state index is -0.985. The zero-order valence-electron chi connectivity index (χ0n) is 33.9. The van der Waals surface area contributed by atoms with Crippen LogP contribution in [0, 0.1) is 17.8 Å². The SMILES string of the molecule is CC.CC.CC(=O)OCc1ccc(NC(=O)CNC(=O)C(NC(C)C)C(C)C)cc1C(=O)NCCNC(=O)C(C)C(C)CC(=O)O.CCCNC(N)=O. The first-order valence-electron chi connectivity index (χ1n) is 18.3. The van der Waals surface area contributed by atoms with E-state index in [1.54, 1.807) is 26.0 Å². The van der Waals surface area contributed by atoms with E-state index in [4.69, 9.17) is 15.6 Å². The van der Waals surface area contributed by atoms with E-state index in [0.29, 0.717) is 17.8 Å². The zero-order chi connectivity index (χ0) is 41.7. The molecule has 53 heavy (non-hydrogen) atoms. The Morgan fingerprint density at radius 3 is 1.87 bits per heavy atom. The number of amides is 6. The van der Waals surface area contributed by atoms with Crippen molar-refractivity contribution in [2.75, 3.05) is 31.5 Å². The standard InChI is InChI=1S/C29H45N5O8.C4H10N2O.2C2H6/c1-16(2)26(33-17(3)4)29(41)32-14-24(36)34-22-9-8-21(15-42-20(7)35)23(13-22)28(40)31-11-10-30-27(39)19(6)18(5)12-25(37)38;1-2-3-6-4(5)7;2*1-2/h8-9,13,16-19,26,33H,10-12,14-15H2,1-7H3,(H,30,39)(H,31,40)(H,32,41)(H,34,36)(H,37,38);2-3H2,1H3,(H3,5,6,7);2*1-2H3. The smallest absolute Gasteiger partial charge is 0.312 e. The lowest BCUT2D eigenvalue weighted by Crippen LogP contribution is -2.51. The summed E-state index contributed by atoms with van der Waals surface area (Å²) in [4.78, 5) is 82.5. The van der Waals surface area contributed by atoms with Crippen molar-refractivity contribution in [1.82, 2.24) is 26.6 Å². The molecule has 304 valence electrons. The van der Waals surface area contributed by atoms with Gasteiger partial charge in [0.05, 0.1) is 12.6 Å². The van der Waals surface area contributed by atoms with Gasteiger partial charge in [0.15, 0.2) is 0 Å². The van der Waals surface area contributed by atoms with Crippen LogP contribution in [0.15, 0.2) is 18.2 Å². The third-order valence-electron chi connectivity index (χ3n) is 6.98. The molecule has 9 N–H and O–H groups in total. The molecule has 3 atom stereocenters. The number of carbonyl (C=O) groups excluding carboxylic acids is 6. The van der Waals surface area contributed by atoms with Crippen LogP contribution in [0.1, 0.15) is 112 Å². The Kier molecular flexibility index (Phi) is 30.6. The topological polar surface area (TPSA) is 247 Å². The number of nitrogens with two attached hydrogens (primary N) is 1. The van der Waals surface area contributed by atoms with Crippen molar-refractivity contribution in [2.45, 2.75) is 115 Å². The van der Waals surface area contributed by atoms with Gasteiger partial charge in [0.1, 0.15) is 6.61 Å². The van der Waals surface area contributed by atoms with E-state index in [1.807, 2.05) is 62.3 Å². The summed E-state index contributed by atoms with van der Waals surface area (Å²) in [6.45, 7) is 22.6. The highest BCUT2D eigenvalue weighted by Gasteiger charge is 2.24. The number of hydrogen-bond acceptors (Lipinski definition) is 9. The molecule has 1 aromatic rings. The highest BCUT2D eigenvalue weighted by Crippen LogP contribution is 2.18. The molecule has 1 aromatic carbocycles. The number of rotatable bonds is 19. The second-order valence-corrected chi connectivity index (χ2v) is 12.2. The van der Waals surface area contributed by atoms with Gasteiger partial charge in [-0.1, -0.05) is 82.2 Å². The lowest BCUT2D eigenvalue weighted by atomic mass is 9.92. The number of anilines is 1. The van der Waals surface area contributed by atoms with Crippen LogP contribution in [0.5, 0.6) is 0 Å². The molecule has 0 radical (unpaired) electrons. The first-order valence-corrected chi connectivity index (χ1v) is 18.3. The number of benzene rings is 1. The summed E-state index contributed by atoms with van der Waals surface area (Å²) < 4.78 is 5.05. The number of carbonyl (C=O) groups is 7. The second kappa shape index (κ2) is 30.9. The van der Waals surface area contributed by atoms with Gasteiger partial charge >= 0.3 is 18.0 Å². The summed E-state index contributed by atoms with van der Waals surface area (Å²) in [5, 5.41) is 25.2. The summed E-state index contributed by atoms with van der Waals surface area (Å²) in [6, 6.07) is 3.70. The minimum Gasteiger partial charge on any atom is -0.481 e. The third kappa shape index (κ3) is 25.8. The normalized spacial score (nSPS) is 11.7. The number of nitrogens with one attached hydrogen (secondary N) is 6. The van der Waals surface area contributed by atoms with Crippen molar-refractivity contribution >= 4 is 47.3 Å². The second-order valence-electron chi connectivity index (χ2n) is 12.2. The molecule has 0 fully saturated rings.